The van der Waals surface area contributed by atoms with Gasteiger partial charge in [0.15, 0.2) is 0 Å². The van der Waals surface area contributed by atoms with E-state index in [2.05, 4.69) is 16.0 Å². The van der Waals surface area contributed by atoms with Crippen molar-refractivity contribution in [2.24, 2.45) is 5.92 Å². The molecule has 42 heavy (non-hydrogen) atoms. The fourth-order valence-corrected chi connectivity index (χ4v) is 5.60. The second-order valence-electron chi connectivity index (χ2n) is 11.0. The third-order valence-electron chi connectivity index (χ3n) is 8.08. The van der Waals surface area contributed by atoms with E-state index < -0.39 is 24.0 Å². The standard InChI is InChI=1S/C32H40ClN5O4/c1-22(34-2)30(40)36-29(25-11-7-4-8-12-25)31(41)35-20-28(39)38-18-17-37(21-24-13-15-26(33)16-14-24)32(42)27(38)19-23-9-5-3-6-10-23/h3,5-6,9-10,13-18,22,25,27,29,34H,4,7-8,11-12,19-21H2,1-2H3,(H,35,41)(H,36,40)/t22-,27-,29-/m0/s1. The summed E-state index contributed by atoms with van der Waals surface area (Å²) in [6.45, 7) is 1.78. The van der Waals surface area contributed by atoms with Gasteiger partial charge in [-0.3, -0.25) is 19.2 Å². The molecule has 0 radical (unpaired) electrons. The molecule has 1 aliphatic heterocycles. The molecule has 2 aromatic carbocycles. The maximum absolute atomic E-state index is 13.7. The van der Waals surface area contributed by atoms with Gasteiger partial charge in [0, 0.05) is 23.8 Å². The third-order valence-corrected chi connectivity index (χ3v) is 8.33. The van der Waals surface area contributed by atoms with Crippen LogP contribution in [-0.4, -0.2) is 65.1 Å². The summed E-state index contributed by atoms with van der Waals surface area (Å²) in [4.78, 5) is 56.2. The molecule has 2 aromatic rings. The zero-order valence-corrected chi connectivity index (χ0v) is 25.0. The topological polar surface area (TPSA) is 111 Å². The molecule has 1 fully saturated rings. The molecule has 10 heteroatoms. The SMILES string of the molecule is CN[C@@H](C)C(=O)N[C@H](C(=O)NCC(=O)N1C=CN(Cc2ccc(Cl)cc2)C(=O)[C@@H]1Cc1ccccc1)C1CCCCC1. The monoisotopic (exact) mass is 593 g/mol. The van der Waals surface area contributed by atoms with Crippen LogP contribution in [0, 0.1) is 5.92 Å². The van der Waals surface area contributed by atoms with E-state index in [1.807, 2.05) is 42.5 Å². The lowest BCUT2D eigenvalue weighted by molar-refractivity contribution is -0.144. The Kier molecular flexibility index (Phi) is 11.1. The number of halogens is 1. The number of rotatable bonds is 11. The molecule has 0 unspecified atom stereocenters. The largest absolute Gasteiger partial charge is 0.345 e. The Morgan fingerprint density at radius 3 is 2.29 bits per heavy atom. The highest BCUT2D eigenvalue weighted by Gasteiger charge is 2.36. The molecule has 1 saturated carbocycles. The van der Waals surface area contributed by atoms with Gasteiger partial charge in [0.1, 0.15) is 12.1 Å². The van der Waals surface area contributed by atoms with Crippen LogP contribution in [0.1, 0.15) is 50.2 Å². The Morgan fingerprint density at radius 2 is 1.62 bits per heavy atom. The first-order valence-electron chi connectivity index (χ1n) is 14.6. The van der Waals surface area contributed by atoms with Crippen LogP contribution in [0.3, 0.4) is 0 Å². The summed E-state index contributed by atoms with van der Waals surface area (Å²) in [7, 11) is 1.69. The van der Waals surface area contributed by atoms with Crippen molar-refractivity contribution in [2.45, 2.75) is 70.1 Å². The Labute approximate surface area is 252 Å². The molecule has 3 N–H and O–H groups in total. The molecule has 2 aliphatic rings. The number of carbonyl (C=O) groups excluding carboxylic acids is 4. The predicted octanol–water partition coefficient (Wildman–Crippen LogP) is 3.38. The molecule has 0 bridgehead atoms. The molecule has 0 saturated heterocycles. The Bertz CT molecular complexity index is 1260. The van der Waals surface area contributed by atoms with Crippen molar-refractivity contribution in [1.29, 1.82) is 0 Å². The number of nitrogens with one attached hydrogen (secondary N) is 3. The highest BCUT2D eigenvalue weighted by Crippen LogP contribution is 2.27. The minimum Gasteiger partial charge on any atom is -0.345 e. The van der Waals surface area contributed by atoms with Crippen molar-refractivity contribution >= 4 is 35.2 Å². The third kappa shape index (κ3) is 8.20. The minimum absolute atomic E-state index is 0.00516. The normalized spacial score (nSPS) is 18.8. The second kappa shape index (κ2) is 15.0. The Morgan fingerprint density at radius 1 is 0.929 bits per heavy atom. The molecular weight excluding hydrogens is 554 g/mol. The van der Waals surface area contributed by atoms with Gasteiger partial charge in [0.05, 0.1) is 19.1 Å². The molecule has 3 atom stereocenters. The lowest BCUT2D eigenvalue weighted by Crippen LogP contribution is -2.57. The summed E-state index contributed by atoms with van der Waals surface area (Å²) in [5.41, 5.74) is 1.82. The van der Waals surface area contributed by atoms with E-state index in [9.17, 15) is 19.2 Å². The van der Waals surface area contributed by atoms with Gasteiger partial charge in [-0.25, -0.2) is 0 Å². The van der Waals surface area contributed by atoms with Crippen LogP contribution in [0.2, 0.25) is 5.02 Å². The fourth-order valence-electron chi connectivity index (χ4n) is 5.48. The van der Waals surface area contributed by atoms with Gasteiger partial charge < -0.3 is 25.8 Å². The first kappa shape index (κ1) is 31.3. The van der Waals surface area contributed by atoms with Gasteiger partial charge in [-0.15, -0.1) is 0 Å². The number of nitrogens with zero attached hydrogens (tertiary/aromatic N) is 2. The molecule has 1 heterocycles. The van der Waals surface area contributed by atoms with Crippen LogP contribution in [0.4, 0.5) is 0 Å². The van der Waals surface area contributed by atoms with Crippen molar-refractivity contribution in [2.75, 3.05) is 13.6 Å². The van der Waals surface area contributed by atoms with Crippen LogP contribution >= 0.6 is 11.6 Å². The molecule has 4 amide bonds. The van der Waals surface area contributed by atoms with Gasteiger partial charge >= 0.3 is 0 Å². The predicted molar refractivity (Wildman–Crippen MR) is 162 cm³/mol. The lowest BCUT2D eigenvalue weighted by Gasteiger charge is -2.36. The molecular formula is C32H40ClN5O4. The average Bonchev–Trinajstić information content (AvgIpc) is 3.01. The lowest BCUT2D eigenvalue weighted by atomic mass is 9.83. The van der Waals surface area contributed by atoms with Gasteiger partial charge in [-0.2, -0.15) is 0 Å². The van der Waals surface area contributed by atoms with Crippen LogP contribution in [-0.2, 0) is 32.1 Å². The smallest absolute Gasteiger partial charge is 0.250 e. The molecule has 224 valence electrons. The first-order chi connectivity index (χ1) is 20.3. The van der Waals surface area contributed by atoms with Crippen molar-refractivity contribution in [1.82, 2.24) is 25.8 Å². The summed E-state index contributed by atoms with van der Waals surface area (Å²) in [6, 6.07) is 14.8. The van der Waals surface area contributed by atoms with E-state index in [-0.39, 0.29) is 30.2 Å². The molecule has 1 aliphatic carbocycles. The van der Waals surface area contributed by atoms with Gasteiger partial charge in [0.25, 0.3) is 0 Å². The van der Waals surface area contributed by atoms with Crippen molar-refractivity contribution in [3.05, 3.63) is 83.1 Å². The second-order valence-corrected chi connectivity index (χ2v) is 11.4. The van der Waals surface area contributed by atoms with E-state index in [1.54, 1.807) is 43.4 Å². The van der Waals surface area contributed by atoms with Crippen molar-refractivity contribution in [3.63, 3.8) is 0 Å². The Hall–Kier alpha value is -3.69. The number of benzene rings is 2. The highest BCUT2D eigenvalue weighted by atomic mass is 35.5. The average molecular weight is 594 g/mol. The first-order valence-corrected chi connectivity index (χ1v) is 15.0. The molecule has 0 spiro atoms. The highest BCUT2D eigenvalue weighted by molar-refractivity contribution is 6.30. The van der Waals surface area contributed by atoms with Crippen LogP contribution in [0.15, 0.2) is 67.0 Å². The van der Waals surface area contributed by atoms with Crippen LogP contribution in [0.25, 0.3) is 0 Å². The van der Waals surface area contributed by atoms with E-state index in [0.29, 0.717) is 18.0 Å². The summed E-state index contributed by atoms with van der Waals surface area (Å²) >= 11 is 6.02. The molecule has 4 rings (SSSR count). The summed E-state index contributed by atoms with van der Waals surface area (Å²) < 4.78 is 0. The molecule has 9 nitrogen and oxygen atoms in total. The van der Waals surface area contributed by atoms with E-state index >= 15 is 0 Å². The maximum atomic E-state index is 13.7. The van der Waals surface area contributed by atoms with Crippen LogP contribution in [0.5, 0.6) is 0 Å². The van der Waals surface area contributed by atoms with Gasteiger partial charge in [-0.05, 0) is 56.0 Å². The number of likely N-dealkylation sites (N-methyl/N-ethyl adjacent to an activating group) is 1. The van der Waals surface area contributed by atoms with Crippen molar-refractivity contribution < 1.29 is 19.2 Å². The van der Waals surface area contributed by atoms with Gasteiger partial charge in [-0.1, -0.05) is 73.3 Å². The zero-order chi connectivity index (χ0) is 30.1. The van der Waals surface area contributed by atoms with E-state index in [0.717, 1.165) is 43.2 Å². The van der Waals surface area contributed by atoms with E-state index in [1.165, 1.54) is 4.90 Å². The van der Waals surface area contributed by atoms with Gasteiger partial charge in [0.2, 0.25) is 23.6 Å². The van der Waals surface area contributed by atoms with Crippen molar-refractivity contribution in [3.8, 4) is 0 Å². The minimum atomic E-state index is -0.778. The number of carbonyl (C=O) groups is 4. The zero-order valence-electron chi connectivity index (χ0n) is 24.2. The van der Waals surface area contributed by atoms with E-state index in [4.69, 9.17) is 11.6 Å². The number of hydrogen-bond donors (Lipinski definition) is 3. The quantitative estimate of drug-likeness (QED) is 0.370. The Balaban J connectivity index is 1.48. The summed E-state index contributed by atoms with van der Waals surface area (Å²) in [5.74, 6) is -1.27. The summed E-state index contributed by atoms with van der Waals surface area (Å²) in [6.07, 6.45) is 8.31. The van der Waals surface area contributed by atoms with Crippen LogP contribution < -0.4 is 16.0 Å². The summed E-state index contributed by atoms with van der Waals surface area (Å²) in [5, 5.41) is 9.17. The fraction of sp³-hybridized carbons (Fsp3) is 0.438. The number of amides is 4. The number of hydrogen-bond acceptors (Lipinski definition) is 5. The molecule has 0 aromatic heterocycles. The maximum Gasteiger partial charge on any atom is 0.250 e.